The summed E-state index contributed by atoms with van der Waals surface area (Å²) in [6, 6.07) is 16.2. The lowest BCUT2D eigenvalue weighted by atomic mass is 9.95. The monoisotopic (exact) mass is 374 g/mol. The molecule has 0 fully saturated rings. The Bertz CT molecular complexity index is 1010. The number of amides is 1. The maximum atomic E-state index is 11.3. The van der Waals surface area contributed by atoms with Gasteiger partial charge in [0.1, 0.15) is 6.33 Å². The van der Waals surface area contributed by atoms with E-state index < -0.39 is 0 Å². The SMILES string of the molecule is CC(=O)Nc1cccc(Nc2ncnc(N3Cc4ccccc4C[C@H]3C)n2)c1. The minimum atomic E-state index is -0.112. The highest BCUT2D eigenvalue weighted by atomic mass is 16.1. The first kappa shape index (κ1) is 17.9. The predicted octanol–water partition coefficient (Wildman–Crippen LogP) is 3.52. The molecule has 1 aromatic heterocycles. The first-order chi connectivity index (χ1) is 13.6. The summed E-state index contributed by atoms with van der Waals surface area (Å²) in [6.45, 7) is 4.44. The molecule has 1 atom stereocenters. The zero-order valence-corrected chi connectivity index (χ0v) is 15.9. The highest BCUT2D eigenvalue weighted by Gasteiger charge is 2.24. The Balaban J connectivity index is 1.55. The summed E-state index contributed by atoms with van der Waals surface area (Å²) in [5.74, 6) is 1.01. The normalized spacial score (nSPS) is 15.6. The summed E-state index contributed by atoms with van der Waals surface area (Å²) in [7, 11) is 0. The Kier molecular flexibility index (Phi) is 4.89. The van der Waals surface area contributed by atoms with Crippen LogP contribution in [0.15, 0.2) is 54.9 Å². The van der Waals surface area contributed by atoms with E-state index in [2.05, 4.69) is 61.7 Å². The quantitative estimate of drug-likeness (QED) is 0.727. The summed E-state index contributed by atoms with van der Waals surface area (Å²) < 4.78 is 0. The number of fused-ring (bicyclic) bond motifs is 1. The van der Waals surface area contributed by atoms with E-state index in [4.69, 9.17) is 0 Å². The molecule has 142 valence electrons. The molecule has 1 amide bonds. The van der Waals surface area contributed by atoms with Crippen LogP contribution in [-0.2, 0) is 17.8 Å². The zero-order chi connectivity index (χ0) is 19.5. The summed E-state index contributed by atoms with van der Waals surface area (Å²) in [4.78, 5) is 26.7. The minimum absolute atomic E-state index is 0.112. The number of hydrogen-bond donors (Lipinski definition) is 2. The van der Waals surface area contributed by atoms with Gasteiger partial charge in [0.25, 0.3) is 0 Å². The number of anilines is 4. The Morgan fingerprint density at radius 3 is 2.68 bits per heavy atom. The van der Waals surface area contributed by atoms with Crippen LogP contribution in [0.25, 0.3) is 0 Å². The van der Waals surface area contributed by atoms with Crippen molar-refractivity contribution in [3.8, 4) is 0 Å². The van der Waals surface area contributed by atoms with Gasteiger partial charge in [-0.05, 0) is 42.7 Å². The highest BCUT2D eigenvalue weighted by Crippen LogP contribution is 2.27. The lowest BCUT2D eigenvalue weighted by Crippen LogP contribution is -2.39. The molecule has 7 nitrogen and oxygen atoms in total. The fraction of sp³-hybridized carbons (Fsp3) is 0.238. The second-order valence-electron chi connectivity index (χ2n) is 6.95. The van der Waals surface area contributed by atoms with Crippen molar-refractivity contribution in [2.45, 2.75) is 32.9 Å². The number of hydrogen-bond acceptors (Lipinski definition) is 6. The standard InChI is InChI=1S/C21H22N6O/c1-14-10-16-6-3-4-7-17(16)12-27(14)21-23-13-22-20(26-21)25-19-9-5-8-18(11-19)24-15(2)28/h3-9,11,13-14H,10,12H2,1-2H3,(H,24,28)(H,22,23,25,26)/t14-/m1/s1. The number of rotatable bonds is 4. The minimum Gasteiger partial charge on any atom is -0.333 e. The average molecular weight is 374 g/mol. The van der Waals surface area contributed by atoms with Crippen LogP contribution in [0.5, 0.6) is 0 Å². The highest BCUT2D eigenvalue weighted by molar-refractivity contribution is 5.89. The number of nitrogens with zero attached hydrogens (tertiary/aromatic N) is 4. The van der Waals surface area contributed by atoms with Crippen molar-refractivity contribution in [2.24, 2.45) is 0 Å². The summed E-state index contributed by atoms with van der Waals surface area (Å²) >= 11 is 0. The largest absolute Gasteiger partial charge is 0.333 e. The van der Waals surface area contributed by atoms with Crippen LogP contribution in [0.3, 0.4) is 0 Å². The van der Waals surface area contributed by atoms with Crippen LogP contribution in [0.2, 0.25) is 0 Å². The van der Waals surface area contributed by atoms with Gasteiger partial charge in [-0.25, -0.2) is 9.97 Å². The van der Waals surface area contributed by atoms with Gasteiger partial charge in [-0.2, -0.15) is 4.98 Å². The van der Waals surface area contributed by atoms with Gasteiger partial charge in [0.2, 0.25) is 17.8 Å². The molecule has 2 aromatic carbocycles. The molecular weight excluding hydrogens is 352 g/mol. The van der Waals surface area contributed by atoms with E-state index in [1.807, 2.05) is 24.3 Å². The molecule has 28 heavy (non-hydrogen) atoms. The molecule has 2 heterocycles. The molecule has 0 aliphatic carbocycles. The molecule has 7 heteroatoms. The molecule has 1 aliphatic heterocycles. The van der Waals surface area contributed by atoms with Gasteiger partial charge >= 0.3 is 0 Å². The van der Waals surface area contributed by atoms with E-state index in [0.717, 1.165) is 18.7 Å². The summed E-state index contributed by atoms with van der Waals surface area (Å²) in [5, 5.41) is 5.96. The average Bonchev–Trinajstić information content (AvgIpc) is 2.67. The van der Waals surface area contributed by atoms with E-state index in [-0.39, 0.29) is 5.91 Å². The third-order valence-electron chi connectivity index (χ3n) is 4.76. The molecular formula is C21H22N6O. The number of nitrogens with one attached hydrogen (secondary N) is 2. The second-order valence-corrected chi connectivity index (χ2v) is 6.95. The van der Waals surface area contributed by atoms with Gasteiger partial charge in [-0.15, -0.1) is 0 Å². The lowest BCUT2D eigenvalue weighted by molar-refractivity contribution is -0.114. The van der Waals surface area contributed by atoms with Crippen molar-refractivity contribution in [3.05, 3.63) is 66.0 Å². The smallest absolute Gasteiger partial charge is 0.232 e. The van der Waals surface area contributed by atoms with Crippen LogP contribution < -0.4 is 15.5 Å². The van der Waals surface area contributed by atoms with E-state index >= 15 is 0 Å². The molecule has 0 saturated carbocycles. The number of carbonyl (C=O) groups excluding carboxylic acids is 1. The van der Waals surface area contributed by atoms with Crippen LogP contribution in [0.4, 0.5) is 23.3 Å². The van der Waals surface area contributed by atoms with Gasteiger partial charge in [0, 0.05) is 30.9 Å². The first-order valence-corrected chi connectivity index (χ1v) is 9.25. The number of aromatic nitrogens is 3. The van der Waals surface area contributed by atoms with Gasteiger partial charge in [0.15, 0.2) is 0 Å². The molecule has 2 N–H and O–H groups in total. The molecule has 0 radical (unpaired) electrons. The third-order valence-corrected chi connectivity index (χ3v) is 4.76. The number of benzene rings is 2. The van der Waals surface area contributed by atoms with Gasteiger partial charge < -0.3 is 15.5 Å². The molecule has 0 saturated heterocycles. The van der Waals surface area contributed by atoms with E-state index in [0.29, 0.717) is 23.6 Å². The summed E-state index contributed by atoms with van der Waals surface area (Å²) in [5.41, 5.74) is 4.19. The Hall–Kier alpha value is -3.48. The Morgan fingerprint density at radius 2 is 1.86 bits per heavy atom. The van der Waals surface area contributed by atoms with Crippen LogP contribution in [0.1, 0.15) is 25.0 Å². The third kappa shape index (κ3) is 3.93. The van der Waals surface area contributed by atoms with Crippen LogP contribution in [0, 0.1) is 0 Å². The molecule has 4 rings (SSSR count). The lowest BCUT2D eigenvalue weighted by Gasteiger charge is -2.34. The Morgan fingerprint density at radius 1 is 1.07 bits per heavy atom. The van der Waals surface area contributed by atoms with E-state index in [9.17, 15) is 4.79 Å². The number of carbonyl (C=O) groups is 1. The fourth-order valence-corrected chi connectivity index (χ4v) is 3.44. The molecule has 0 unspecified atom stereocenters. The van der Waals surface area contributed by atoms with Gasteiger partial charge in [-0.3, -0.25) is 4.79 Å². The molecule has 3 aromatic rings. The maximum absolute atomic E-state index is 11.3. The van der Waals surface area contributed by atoms with Crippen molar-refractivity contribution in [1.29, 1.82) is 0 Å². The molecule has 0 spiro atoms. The van der Waals surface area contributed by atoms with Crippen LogP contribution in [-0.4, -0.2) is 26.9 Å². The molecule has 0 bridgehead atoms. The zero-order valence-electron chi connectivity index (χ0n) is 15.9. The van der Waals surface area contributed by atoms with E-state index in [1.165, 1.54) is 24.4 Å². The maximum Gasteiger partial charge on any atom is 0.232 e. The van der Waals surface area contributed by atoms with Crippen molar-refractivity contribution in [1.82, 2.24) is 15.0 Å². The van der Waals surface area contributed by atoms with Crippen molar-refractivity contribution >= 4 is 29.2 Å². The van der Waals surface area contributed by atoms with Gasteiger partial charge in [0.05, 0.1) is 0 Å². The van der Waals surface area contributed by atoms with Crippen molar-refractivity contribution in [3.63, 3.8) is 0 Å². The topological polar surface area (TPSA) is 83.0 Å². The second kappa shape index (κ2) is 7.64. The molecule has 1 aliphatic rings. The van der Waals surface area contributed by atoms with E-state index in [1.54, 1.807) is 0 Å². The summed E-state index contributed by atoms with van der Waals surface area (Å²) in [6.07, 6.45) is 2.49. The van der Waals surface area contributed by atoms with Crippen LogP contribution >= 0.6 is 0 Å². The fourth-order valence-electron chi connectivity index (χ4n) is 3.44. The Labute approximate surface area is 163 Å². The van der Waals surface area contributed by atoms with Gasteiger partial charge in [-0.1, -0.05) is 30.3 Å². The van der Waals surface area contributed by atoms with Crippen molar-refractivity contribution in [2.75, 3.05) is 15.5 Å². The first-order valence-electron chi connectivity index (χ1n) is 9.25. The van der Waals surface area contributed by atoms with Crippen molar-refractivity contribution < 1.29 is 4.79 Å². The predicted molar refractivity (Wildman–Crippen MR) is 110 cm³/mol.